The van der Waals surface area contributed by atoms with Crippen LogP contribution in [-0.2, 0) is 9.47 Å². The summed E-state index contributed by atoms with van der Waals surface area (Å²) in [5.74, 6) is 6.33. The molecule has 0 unspecified atom stereocenters. The molecule has 19 heavy (non-hydrogen) atoms. The van der Waals surface area contributed by atoms with E-state index in [1.807, 2.05) is 6.26 Å². The van der Waals surface area contributed by atoms with Gasteiger partial charge in [-0.25, -0.2) is 10.8 Å². The van der Waals surface area contributed by atoms with Gasteiger partial charge >= 0.3 is 0 Å². The van der Waals surface area contributed by atoms with Gasteiger partial charge in [-0.15, -0.1) is 0 Å². The van der Waals surface area contributed by atoms with E-state index in [9.17, 15) is 0 Å². The molecular formula is C11H20N4O3S. The fourth-order valence-electron chi connectivity index (χ4n) is 1.26. The monoisotopic (exact) mass is 288 g/mol. The van der Waals surface area contributed by atoms with Crippen LogP contribution in [0, 0.1) is 0 Å². The van der Waals surface area contributed by atoms with E-state index in [-0.39, 0.29) is 0 Å². The third-order valence-corrected chi connectivity index (χ3v) is 2.68. The summed E-state index contributed by atoms with van der Waals surface area (Å²) < 4.78 is 15.8. The summed E-state index contributed by atoms with van der Waals surface area (Å²) in [5.41, 5.74) is 2.48. The lowest BCUT2D eigenvalue weighted by Gasteiger charge is -2.08. The molecule has 0 aliphatic carbocycles. The molecule has 108 valence electrons. The number of hydrogen-bond donors (Lipinski definition) is 2. The third-order valence-electron chi connectivity index (χ3n) is 2.13. The number of hydrazine groups is 1. The van der Waals surface area contributed by atoms with Crippen LogP contribution in [0.4, 0.5) is 5.82 Å². The molecule has 1 aromatic heterocycles. The molecule has 0 amide bonds. The maximum absolute atomic E-state index is 5.48. The second kappa shape index (κ2) is 9.79. The summed E-state index contributed by atoms with van der Waals surface area (Å²) in [7, 11) is 1.67. The smallest absolute Gasteiger partial charge is 0.219 e. The Hall–Kier alpha value is -1.09. The highest BCUT2D eigenvalue weighted by Crippen LogP contribution is 2.17. The molecule has 1 aromatic rings. The summed E-state index contributed by atoms with van der Waals surface area (Å²) in [5, 5.41) is 0.603. The molecule has 3 N–H and O–H groups in total. The highest BCUT2D eigenvalue weighted by molar-refractivity contribution is 7.98. The average Bonchev–Trinajstić information content (AvgIpc) is 2.45. The van der Waals surface area contributed by atoms with Crippen LogP contribution in [0.1, 0.15) is 6.42 Å². The number of nitrogen functional groups attached to an aromatic ring is 1. The molecule has 0 saturated heterocycles. The van der Waals surface area contributed by atoms with E-state index in [4.69, 9.17) is 20.1 Å². The van der Waals surface area contributed by atoms with Crippen LogP contribution >= 0.6 is 11.8 Å². The van der Waals surface area contributed by atoms with Crippen LogP contribution in [0.3, 0.4) is 0 Å². The van der Waals surface area contributed by atoms with Crippen molar-refractivity contribution in [3.63, 3.8) is 0 Å². The summed E-state index contributed by atoms with van der Waals surface area (Å²) in [4.78, 5) is 8.34. The Bertz CT molecular complexity index is 346. The molecule has 0 aromatic carbocycles. The molecule has 0 spiro atoms. The van der Waals surface area contributed by atoms with E-state index in [0.29, 0.717) is 43.3 Å². The number of aromatic nitrogens is 2. The summed E-state index contributed by atoms with van der Waals surface area (Å²) in [6, 6.07) is 1.64. The first-order chi connectivity index (χ1) is 9.30. The fraction of sp³-hybridized carbons (Fsp3) is 0.636. The Balaban J connectivity index is 2.28. The van der Waals surface area contributed by atoms with Crippen LogP contribution in [0.2, 0.25) is 0 Å². The number of hydrogen-bond acceptors (Lipinski definition) is 8. The maximum Gasteiger partial charge on any atom is 0.219 e. The lowest BCUT2D eigenvalue weighted by atomic mass is 10.5. The van der Waals surface area contributed by atoms with Crippen LogP contribution < -0.4 is 16.0 Å². The first-order valence-corrected chi connectivity index (χ1v) is 7.11. The Kier molecular flexibility index (Phi) is 8.23. The van der Waals surface area contributed by atoms with E-state index in [2.05, 4.69) is 15.4 Å². The highest BCUT2D eigenvalue weighted by atomic mass is 32.2. The number of rotatable bonds is 10. The Morgan fingerprint density at radius 3 is 2.79 bits per heavy atom. The van der Waals surface area contributed by atoms with Gasteiger partial charge in [0, 0.05) is 26.4 Å². The first-order valence-electron chi connectivity index (χ1n) is 5.89. The molecule has 1 heterocycles. The first kappa shape index (κ1) is 16.0. The number of thioether (sulfide) groups is 1. The van der Waals surface area contributed by atoms with Gasteiger partial charge < -0.3 is 19.6 Å². The lowest BCUT2D eigenvalue weighted by molar-refractivity contribution is 0.0793. The molecule has 1 rings (SSSR count). The van der Waals surface area contributed by atoms with Crippen molar-refractivity contribution in [1.29, 1.82) is 0 Å². The molecule has 0 aliphatic rings. The molecule has 7 nitrogen and oxygen atoms in total. The second-order valence-corrected chi connectivity index (χ2v) is 4.30. The van der Waals surface area contributed by atoms with Gasteiger partial charge in [0.05, 0.1) is 6.61 Å². The van der Waals surface area contributed by atoms with Crippen LogP contribution in [0.25, 0.3) is 0 Å². The van der Waals surface area contributed by atoms with Gasteiger partial charge in [-0.1, -0.05) is 11.8 Å². The maximum atomic E-state index is 5.48. The van der Waals surface area contributed by atoms with E-state index < -0.39 is 0 Å². The van der Waals surface area contributed by atoms with Gasteiger partial charge in [-0.05, 0) is 12.7 Å². The second-order valence-electron chi connectivity index (χ2n) is 3.53. The number of anilines is 1. The number of nitrogens with zero attached hydrogens (tertiary/aromatic N) is 2. The van der Waals surface area contributed by atoms with E-state index in [1.54, 1.807) is 13.2 Å². The molecule has 0 bridgehead atoms. The molecule has 8 heteroatoms. The number of nitrogens with two attached hydrogens (primary N) is 1. The van der Waals surface area contributed by atoms with Crippen LogP contribution in [-0.4, -0.2) is 49.8 Å². The van der Waals surface area contributed by atoms with Crippen molar-refractivity contribution in [2.24, 2.45) is 5.84 Å². The summed E-state index contributed by atoms with van der Waals surface area (Å²) in [6.07, 6.45) is 2.76. The van der Waals surface area contributed by atoms with E-state index in [0.717, 1.165) is 6.42 Å². The van der Waals surface area contributed by atoms with Crippen molar-refractivity contribution < 1.29 is 14.2 Å². The van der Waals surface area contributed by atoms with Gasteiger partial charge in [-0.2, -0.15) is 4.98 Å². The van der Waals surface area contributed by atoms with Gasteiger partial charge in [-0.3, -0.25) is 0 Å². The van der Waals surface area contributed by atoms with Gasteiger partial charge in [0.25, 0.3) is 0 Å². The highest BCUT2D eigenvalue weighted by Gasteiger charge is 2.04. The molecule has 0 saturated carbocycles. The van der Waals surface area contributed by atoms with Crippen LogP contribution in [0.15, 0.2) is 11.2 Å². The number of methoxy groups -OCH3 is 1. The third kappa shape index (κ3) is 6.58. The van der Waals surface area contributed by atoms with Gasteiger partial charge in [0.1, 0.15) is 12.4 Å². The standard InChI is InChI=1S/C11H20N4O3S/c1-16-4-3-5-17-6-7-18-10-8-9(15-12)13-11(14-10)19-2/h8H,3-7,12H2,1-2H3,(H,13,14,15). The van der Waals surface area contributed by atoms with Crippen molar-refractivity contribution in [3.05, 3.63) is 6.07 Å². The van der Waals surface area contributed by atoms with Crippen molar-refractivity contribution in [2.75, 3.05) is 45.2 Å². The Morgan fingerprint density at radius 2 is 2.11 bits per heavy atom. The van der Waals surface area contributed by atoms with Crippen molar-refractivity contribution in [3.8, 4) is 5.88 Å². The minimum atomic E-state index is 0.432. The molecule has 0 atom stereocenters. The predicted molar refractivity (Wildman–Crippen MR) is 74.4 cm³/mol. The van der Waals surface area contributed by atoms with E-state index >= 15 is 0 Å². The average molecular weight is 288 g/mol. The quantitative estimate of drug-likeness (QED) is 0.216. The number of nitrogens with one attached hydrogen (secondary N) is 1. The van der Waals surface area contributed by atoms with Crippen LogP contribution in [0.5, 0.6) is 5.88 Å². The number of ether oxygens (including phenoxy) is 3. The van der Waals surface area contributed by atoms with Crippen molar-refractivity contribution in [1.82, 2.24) is 9.97 Å². The largest absolute Gasteiger partial charge is 0.475 e. The molecule has 0 fully saturated rings. The normalized spacial score (nSPS) is 10.5. The topological polar surface area (TPSA) is 91.5 Å². The lowest BCUT2D eigenvalue weighted by Crippen LogP contribution is -2.12. The molecular weight excluding hydrogens is 268 g/mol. The minimum Gasteiger partial charge on any atom is -0.475 e. The Labute approximate surface area is 117 Å². The van der Waals surface area contributed by atoms with E-state index in [1.165, 1.54) is 11.8 Å². The van der Waals surface area contributed by atoms with Crippen molar-refractivity contribution in [2.45, 2.75) is 11.6 Å². The minimum absolute atomic E-state index is 0.432. The zero-order valence-electron chi connectivity index (χ0n) is 11.2. The van der Waals surface area contributed by atoms with Crippen molar-refractivity contribution >= 4 is 17.6 Å². The Morgan fingerprint density at radius 1 is 1.26 bits per heavy atom. The summed E-state index contributed by atoms with van der Waals surface area (Å²) >= 11 is 1.42. The zero-order chi connectivity index (χ0) is 13.9. The van der Waals surface area contributed by atoms with Gasteiger partial charge in [0.15, 0.2) is 5.16 Å². The molecule has 0 radical (unpaired) electrons. The predicted octanol–water partition coefficient (Wildman–Crippen LogP) is 0.916. The SMILES string of the molecule is COCCCOCCOc1cc(NN)nc(SC)n1. The molecule has 0 aliphatic heterocycles. The summed E-state index contributed by atoms with van der Waals surface area (Å²) in [6.45, 7) is 2.30. The van der Waals surface area contributed by atoms with Gasteiger partial charge in [0.2, 0.25) is 5.88 Å². The zero-order valence-corrected chi connectivity index (χ0v) is 12.0. The fourth-order valence-corrected chi connectivity index (χ4v) is 1.63.